The second-order valence-corrected chi connectivity index (χ2v) is 14.2. The average molecular weight is 692 g/mol. The molecular formula is C33H36Cl2N2O8S. The third-order valence-electron chi connectivity index (χ3n) is 8.35. The molecule has 2 atom stereocenters. The van der Waals surface area contributed by atoms with Crippen molar-refractivity contribution < 1.29 is 37.3 Å². The number of nitrogens with zero attached hydrogens (tertiary/aromatic N) is 1. The van der Waals surface area contributed by atoms with E-state index >= 15 is 0 Å². The van der Waals surface area contributed by atoms with Crippen molar-refractivity contribution in [3.63, 3.8) is 0 Å². The highest BCUT2D eigenvalue weighted by molar-refractivity contribution is 7.89. The summed E-state index contributed by atoms with van der Waals surface area (Å²) in [7, 11) is -0.941. The molecule has 3 aromatic rings. The van der Waals surface area contributed by atoms with Gasteiger partial charge in [0, 0.05) is 23.0 Å². The summed E-state index contributed by atoms with van der Waals surface area (Å²) in [5.74, 6) is -0.694. The molecule has 0 unspecified atom stereocenters. The number of rotatable bonds is 13. The molecule has 0 spiro atoms. The molecule has 2 aliphatic rings. The van der Waals surface area contributed by atoms with Crippen LogP contribution < -0.4 is 14.8 Å². The highest BCUT2D eigenvalue weighted by Crippen LogP contribution is 2.40. The van der Waals surface area contributed by atoms with Gasteiger partial charge in [-0.05, 0) is 79.1 Å². The Balaban J connectivity index is 1.29. The van der Waals surface area contributed by atoms with Crippen LogP contribution in [0, 0.1) is 0 Å². The van der Waals surface area contributed by atoms with Crippen LogP contribution in [0.2, 0.25) is 10.0 Å². The molecule has 0 aromatic heterocycles. The number of hydrogen-bond donors (Lipinski definition) is 2. The molecular weight excluding hydrogens is 655 g/mol. The Kier molecular flexibility index (Phi) is 10.8. The number of carboxylic acid groups (broad SMARTS) is 1. The fourth-order valence-corrected chi connectivity index (χ4v) is 8.08. The molecule has 246 valence electrons. The molecule has 13 heteroatoms. The van der Waals surface area contributed by atoms with Gasteiger partial charge < -0.3 is 24.6 Å². The van der Waals surface area contributed by atoms with Gasteiger partial charge in [-0.25, -0.2) is 13.2 Å². The third kappa shape index (κ3) is 7.61. The van der Waals surface area contributed by atoms with Crippen molar-refractivity contribution in [3.05, 3.63) is 75.8 Å². The molecule has 5 rings (SSSR count). The molecule has 0 radical (unpaired) electrons. The van der Waals surface area contributed by atoms with Gasteiger partial charge in [0.15, 0.2) is 0 Å². The van der Waals surface area contributed by atoms with Crippen molar-refractivity contribution in [2.75, 3.05) is 20.8 Å². The van der Waals surface area contributed by atoms with Gasteiger partial charge in [-0.1, -0.05) is 47.5 Å². The molecule has 46 heavy (non-hydrogen) atoms. The van der Waals surface area contributed by atoms with Gasteiger partial charge in [-0.2, -0.15) is 4.31 Å². The van der Waals surface area contributed by atoms with Gasteiger partial charge in [0.1, 0.15) is 23.6 Å². The highest BCUT2D eigenvalue weighted by atomic mass is 35.5. The third-order valence-corrected chi connectivity index (χ3v) is 10.7. The largest absolute Gasteiger partial charge is 0.496 e. The minimum atomic E-state index is -4.12. The van der Waals surface area contributed by atoms with Gasteiger partial charge in [0.2, 0.25) is 15.9 Å². The number of hydrogen-bond acceptors (Lipinski definition) is 7. The molecule has 1 saturated heterocycles. The van der Waals surface area contributed by atoms with Crippen molar-refractivity contribution in [1.82, 2.24) is 9.62 Å². The number of amides is 1. The Hall–Kier alpha value is -3.35. The highest BCUT2D eigenvalue weighted by Gasteiger charge is 2.40. The number of ether oxygens (including phenoxy) is 3. The van der Waals surface area contributed by atoms with Crippen LogP contribution in [-0.4, -0.2) is 68.7 Å². The van der Waals surface area contributed by atoms with Crippen LogP contribution in [0.5, 0.6) is 11.5 Å². The fourth-order valence-electron chi connectivity index (χ4n) is 5.70. The molecule has 0 bridgehead atoms. The Morgan fingerprint density at radius 3 is 2.11 bits per heavy atom. The average Bonchev–Trinajstić information content (AvgIpc) is 3.51. The maximum atomic E-state index is 13.4. The van der Waals surface area contributed by atoms with Crippen molar-refractivity contribution >= 4 is 45.1 Å². The topological polar surface area (TPSA) is 131 Å². The van der Waals surface area contributed by atoms with E-state index in [0.29, 0.717) is 36.2 Å². The number of halogens is 2. The number of nitrogens with one attached hydrogen (secondary N) is 1. The van der Waals surface area contributed by atoms with Gasteiger partial charge in [-0.3, -0.25) is 4.79 Å². The number of carboxylic acids is 1. The number of carbonyl (C=O) groups excluding carboxylic acids is 1. The number of aliphatic carboxylic acids is 1. The SMILES string of the molecule is COc1cc(COC2CCC2)cc(OC)c1-c1ccc(C[C@H](NC(=O)[C@@H]2CCCN2S(=O)(=O)c2cc(Cl)cc(Cl)c2)C(=O)O)cc1. The Labute approximate surface area is 278 Å². The minimum Gasteiger partial charge on any atom is -0.496 e. The van der Waals surface area contributed by atoms with Gasteiger partial charge in [0.25, 0.3) is 0 Å². The summed E-state index contributed by atoms with van der Waals surface area (Å²) in [6.07, 6.45) is 4.30. The zero-order valence-electron chi connectivity index (χ0n) is 25.5. The summed E-state index contributed by atoms with van der Waals surface area (Å²) in [6.45, 7) is 0.559. The second kappa shape index (κ2) is 14.6. The Morgan fingerprint density at radius 2 is 1.57 bits per heavy atom. The minimum absolute atomic E-state index is 0.0174. The number of sulfonamides is 1. The second-order valence-electron chi connectivity index (χ2n) is 11.4. The standard InChI is InChI=1S/C33H36Cl2N2O8S/c1-43-29-14-21(19-45-25-5-3-6-25)15-30(44-2)31(29)22-10-8-20(9-11-22)13-27(33(39)40)36-32(38)28-7-4-12-37(28)46(41,42)26-17-23(34)16-24(35)18-26/h8-11,14-18,25,27-28H,3-7,12-13,19H2,1-2H3,(H,36,38)(H,39,40)/t27-,28-/m0/s1. The first-order valence-electron chi connectivity index (χ1n) is 15.0. The van der Waals surface area contributed by atoms with E-state index in [1.807, 2.05) is 24.3 Å². The zero-order valence-corrected chi connectivity index (χ0v) is 27.8. The molecule has 2 fully saturated rings. The Morgan fingerprint density at radius 1 is 0.935 bits per heavy atom. The molecule has 1 amide bonds. The van der Waals surface area contributed by atoms with Crippen molar-refractivity contribution in [1.29, 1.82) is 0 Å². The van der Waals surface area contributed by atoms with Gasteiger partial charge in [-0.15, -0.1) is 0 Å². The van der Waals surface area contributed by atoms with Crippen LogP contribution in [0.15, 0.2) is 59.5 Å². The smallest absolute Gasteiger partial charge is 0.326 e. The maximum absolute atomic E-state index is 13.4. The first-order valence-corrected chi connectivity index (χ1v) is 17.2. The lowest BCUT2D eigenvalue weighted by atomic mass is 9.96. The van der Waals surface area contributed by atoms with Crippen LogP contribution in [-0.2, 0) is 37.4 Å². The van der Waals surface area contributed by atoms with Crippen molar-refractivity contribution in [3.8, 4) is 22.6 Å². The summed E-state index contributed by atoms with van der Waals surface area (Å²) in [6, 6.07) is 12.7. The van der Waals surface area contributed by atoms with E-state index in [2.05, 4.69) is 5.32 Å². The van der Waals surface area contributed by atoms with Gasteiger partial charge in [0.05, 0.1) is 37.4 Å². The summed E-state index contributed by atoms with van der Waals surface area (Å²) < 4.78 is 45.2. The van der Waals surface area contributed by atoms with Crippen LogP contribution in [0.3, 0.4) is 0 Å². The van der Waals surface area contributed by atoms with E-state index in [-0.39, 0.29) is 34.3 Å². The lowest BCUT2D eigenvalue weighted by molar-refractivity contribution is -0.142. The summed E-state index contributed by atoms with van der Waals surface area (Å²) in [5.41, 5.74) is 3.14. The van der Waals surface area contributed by atoms with E-state index in [0.717, 1.165) is 33.8 Å². The quantitative estimate of drug-likeness (QED) is 0.233. The van der Waals surface area contributed by atoms with Crippen LogP contribution in [0.1, 0.15) is 43.2 Å². The van der Waals surface area contributed by atoms with Crippen LogP contribution >= 0.6 is 23.2 Å². The predicted molar refractivity (Wildman–Crippen MR) is 174 cm³/mol. The first kappa shape index (κ1) is 34.0. The summed E-state index contributed by atoms with van der Waals surface area (Å²) >= 11 is 12.0. The number of methoxy groups -OCH3 is 2. The van der Waals surface area contributed by atoms with E-state index in [4.69, 9.17) is 37.4 Å². The molecule has 1 aliphatic heterocycles. The lowest BCUT2D eigenvalue weighted by Gasteiger charge is -2.26. The van der Waals surface area contributed by atoms with E-state index < -0.39 is 34.0 Å². The zero-order chi connectivity index (χ0) is 33.0. The normalized spacial score (nSPS) is 17.7. The van der Waals surface area contributed by atoms with Gasteiger partial charge >= 0.3 is 5.97 Å². The van der Waals surface area contributed by atoms with Crippen molar-refractivity contribution in [2.24, 2.45) is 0 Å². The van der Waals surface area contributed by atoms with E-state index in [1.54, 1.807) is 26.4 Å². The van der Waals surface area contributed by atoms with E-state index in [9.17, 15) is 23.1 Å². The Bertz CT molecular complexity index is 1650. The molecule has 1 heterocycles. The molecule has 10 nitrogen and oxygen atoms in total. The molecule has 2 N–H and O–H groups in total. The summed E-state index contributed by atoms with van der Waals surface area (Å²) in [5, 5.41) is 12.8. The summed E-state index contributed by atoms with van der Waals surface area (Å²) in [4.78, 5) is 25.4. The molecule has 1 aliphatic carbocycles. The number of carbonyl (C=O) groups is 2. The van der Waals surface area contributed by atoms with E-state index in [1.165, 1.54) is 24.6 Å². The molecule has 3 aromatic carbocycles. The van der Waals surface area contributed by atoms with Crippen LogP contribution in [0.4, 0.5) is 0 Å². The number of benzene rings is 3. The monoisotopic (exact) mass is 690 g/mol. The molecule has 1 saturated carbocycles. The lowest BCUT2D eigenvalue weighted by Crippen LogP contribution is -2.51. The fraction of sp³-hybridized carbons (Fsp3) is 0.394. The maximum Gasteiger partial charge on any atom is 0.326 e. The van der Waals surface area contributed by atoms with Crippen molar-refractivity contribution in [2.45, 2.75) is 68.2 Å². The van der Waals surface area contributed by atoms with Crippen LogP contribution in [0.25, 0.3) is 11.1 Å². The first-order chi connectivity index (χ1) is 22.0. The predicted octanol–water partition coefficient (Wildman–Crippen LogP) is 5.71.